The van der Waals surface area contributed by atoms with Crippen LogP contribution in [0.25, 0.3) is 0 Å². The third kappa shape index (κ3) is 4.30. The Labute approximate surface area is 125 Å². The van der Waals surface area contributed by atoms with Gasteiger partial charge >= 0.3 is 0 Å². The zero-order valence-corrected chi connectivity index (χ0v) is 13.2. The molecule has 0 fully saturated rings. The predicted molar refractivity (Wildman–Crippen MR) is 82.6 cm³/mol. The number of nitrogens with two attached hydrogens (primary N) is 1. The number of rotatable bonds is 6. The number of ether oxygens (including phenoxy) is 1. The van der Waals surface area contributed by atoms with Crippen LogP contribution in [0.15, 0.2) is 34.2 Å². The molecule has 2 N–H and O–H groups in total. The lowest BCUT2D eigenvalue weighted by molar-refractivity contribution is 0.307. The molecule has 0 aliphatic carbocycles. The van der Waals surface area contributed by atoms with Crippen LogP contribution in [0.4, 0.5) is 0 Å². The number of hydrogen-bond acceptors (Lipinski definition) is 4. The lowest BCUT2D eigenvalue weighted by Crippen LogP contribution is -2.21. The summed E-state index contributed by atoms with van der Waals surface area (Å²) in [4.78, 5) is 5.55. The van der Waals surface area contributed by atoms with Gasteiger partial charge in [-0.3, -0.25) is 4.98 Å². The van der Waals surface area contributed by atoms with Gasteiger partial charge in [0, 0.05) is 22.6 Å². The normalized spacial score (nSPS) is 12.4. The summed E-state index contributed by atoms with van der Waals surface area (Å²) in [5.74, 6) is 0.786. The SMILES string of the molecule is CCC(N)Cc1ccc(OCc2sccc2Br)cn1. The molecule has 0 bridgehead atoms. The van der Waals surface area contributed by atoms with Gasteiger partial charge in [-0.05, 0) is 45.9 Å². The molecule has 5 heteroatoms. The second-order valence-corrected chi connectivity index (χ2v) is 6.19. The van der Waals surface area contributed by atoms with Crippen molar-refractivity contribution in [2.75, 3.05) is 0 Å². The highest BCUT2D eigenvalue weighted by Crippen LogP contribution is 2.24. The summed E-state index contributed by atoms with van der Waals surface area (Å²) >= 11 is 5.16. The minimum absolute atomic E-state index is 0.182. The molecule has 0 saturated carbocycles. The molecule has 2 heterocycles. The second-order valence-electron chi connectivity index (χ2n) is 4.34. The predicted octanol–water partition coefficient (Wildman–Crippen LogP) is 3.76. The average Bonchev–Trinajstić information content (AvgIpc) is 2.83. The Bertz CT molecular complexity index is 512. The van der Waals surface area contributed by atoms with Crippen molar-refractivity contribution < 1.29 is 4.74 Å². The Morgan fingerprint density at radius 1 is 1.42 bits per heavy atom. The lowest BCUT2D eigenvalue weighted by Gasteiger charge is -2.09. The maximum absolute atomic E-state index is 5.91. The van der Waals surface area contributed by atoms with Crippen LogP contribution in [0.3, 0.4) is 0 Å². The molecule has 0 saturated heterocycles. The highest BCUT2D eigenvalue weighted by Gasteiger charge is 2.05. The van der Waals surface area contributed by atoms with Crippen LogP contribution in [0.5, 0.6) is 5.75 Å². The lowest BCUT2D eigenvalue weighted by atomic mass is 10.1. The zero-order valence-electron chi connectivity index (χ0n) is 10.8. The highest BCUT2D eigenvalue weighted by atomic mass is 79.9. The van der Waals surface area contributed by atoms with Gasteiger partial charge in [-0.2, -0.15) is 0 Å². The van der Waals surface area contributed by atoms with Gasteiger partial charge in [-0.25, -0.2) is 0 Å². The molecule has 19 heavy (non-hydrogen) atoms. The fourth-order valence-electron chi connectivity index (χ4n) is 1.61. The van der Waals surface area contributed by atoms with E-state index in [4.69, 9.17) is 10.5 Å². The minimum Gasteiger partial charge on any atom is -0.486 e. The number of aromatic nitrogens is 1. The van der Waals surface area contributed by atoms with Crippen LogP contribution in [-0.4, -0.2) is 11.0 Å². The van der Waals surface area contributed by atoms with Crippen molar-refractivity contribution in [3.05, 3.63) is 44.8 Å². The monoisotopic (exact) mass is 340 g/mol. The third-order valence-electron chi connectivity index (χ3n) is 2.85. The number of nitrogens with zero attached hydrogens (tertiary/aromatic N) is 1. The Kier molecular flexibility index (Phi) is 5.36. The quantitative estimate of drug-likeness (QED) is 0.870. The van der Waals surface area contributed by atoms with E-state index < -0.39 is 0 Å². The van der Waals surface area contributed by atoms with E-state index in [-0.39, 0.29) is 6.04 Å². The van der Waals surface area contributed by atoms with Crippen molar-refractivity contribution in [1.82, 2.24) is 4.98 Å². The van der Waals surface area contributed by atoms with Gasteiger partial charge in [0.15, 0.2) is 0 Å². The van der Waals surface area contributed by atoms with E-state index in [0.29, 0.717) is 6.61 Å². The van der Waals surface area contributed by atoms with Gasteiger partial charge in [0.25, 0.3) is 0 Å². The van der Waals surface area contributed by atoms with Crippen molar-refractivity contribution in [1.29, 1.82) is 0 Å². The smallest absolute Gasteiger partial charge is 0.138 e. The van der Waals surface area contributed by atoms with E-state index in [1.165, 1.54) is 4.88 Å². The Hall–Kier alpha value is -0.910. The van der Waals surface area contributed by atoms with E-state index in [1.807, 2.05) is 23.6 Å². The van der Waals surface area contributed by atoms with Gasteiger partial charge in [0.1, 0.15) is 12.4 Å². The molecule has 2 aromatic rings. The molecule has 0 aliphatic rings. The highest BCUT2D eigenvalue weighted by molar-refractivity contribution is 9.10. The van der Waals surface area contributed by atoms with Crippen molar-refractivity contribution in [2.24, 2.45) is 5.73 Å². The van der Waals surface area contributed by atoms with Crippen molar-refractivity contribution >= 4 is 27.3 Å². The first-order chi connectivity index (χ1) is 9.19. The van der Waals surface area contributed by atoms with Crippen molar-refractivity contribution in [2.45, 2.75) is 32.4 Å². The fourth-order valence-corrected chi connectivity index (χ4v) is 2.98. The largest absolute Gasteiger partial charge is 0.486 e. The van der Waals surface area contributed by atoms with Gasteiger partial charge in [-0.15, -0.1) is 11.3 Å². The van der Waals surface area contributed by atoms with E-state index >= 15 is 0 Å². The average molecular weight is 341 g/mol. The summed E-state index contributed by atoms with van der Waals surface area (Å²) < 4.78 is 6.80. The van der Waals surface area contributed by atoms with Gasteiger partial charge in [0.2, 0.25) is 0 Å². The molecular formula is C14H17BrN2OS. The molecule has 0 spiro atoms. The first kappa shape index (κ1) is 14.5. The molecule has 3 nitrogen and oxygen atoms in total. The summed E-state index contributed by atoms with van der Waals surface area (Å²) in [6.07, 6.45) is 3.54. The molecule has 1 atom stereocenters. The van der Waals surface area contributed by atoms with Gasteiger partial charge < -0.3 is 10.5 Å². The number of hydrogen-bond donors (Lipinski definition) is 1. The maximum Gasteiger partial charge on any atom is 0.138 e. The molecule has 0 radical (unpaired) electrons. The van der Waals surface area contributed by atoms with Crippen LogP contribution in [0.1, 0.15) is 23.9 Å². The third-order valence-corrected chi connectivity index (χ3v) is 4.75. The van der Waals surface area contributed by atoms with E-state index in [9.17, 15) is 0 Å². The summed E-state index contributed by atoms with van der Waals surface area (Å²) in [5.41, 5.74) is 6.92. The molecular weight excluding hydrogens is 324 g/mol. The fraction of sp³-hybridized carbons (Fsp3) is 0.357. The van der Waals surface area contributed by atoms with E-state index in [2.05, 4.69) is 27.8 Å². The molecule has 102 valence electrons. The summed E-state index contributed by atoms with van der Waals surface area (Å²) in [6, 6.07) is 6.14. The molecule has 2 aromatic heterocycles. The van der Waals surface area contributed by atoms with Crippen molar-refractivity contribution in [3.63, 3.8) is 0 Å². The van der Waals surface area contributed by atoms with E-state index in [1.54, 1.807) is 17.5 Å². The molecule has 0 aromatic carbocycles. The Balaban J connectivity index is 1.90. The Morgan fingerprint density at radius 2 is 2.26 bits per heavy atom. The number of pyridine rings is 1. The van der Waals surface area contributed by atoms with Crippen LogP contribution < -0.4 is 10.5 Å². The van der Waals surface area contributed by atoms with Gasteiger partial charge in [-0.1, -0.05) is 6.92 Å². The molecule has 0 aliphatic heterocycles. The second kappa shape index (κ2) is 7.03. The topological polar surface area (TPSA) is 48.1 Å². The van der Waals surface area contributed by atoms with Crippen LogP contribution in [0, 0.1) is 0 Å². The summed E-state index contributed by atoms with van der Waals surface area (Å²) in [6.45, 7) is 2.65. The summed E-state index contributed by atoms with van der Waals surface area (Å²) in [5, 5.41) is 2.04. The molecule has 0 amide bonds. The Morgan fingerprint density at radius 3 is 2.84 bits per heavy atom. The molecule has 2 rings (SSSR count). The summed E-state index contributed by atoms with van der Waals surface area (Å²) in [7, 11) is 0. The first-order valence-corrected chi connectivity index (χ1v) is 7.91. The number of halogens is 1. The van der Waals surface area contributed by atoms with Crippen LogP contribution >= 0.6 is 27.3 Å². The van der Waals surface area contributed by atoms with Crippen LogP contribution in [-0.2, 0) is 13.0 Å². The van der Waals surface area contributed by atoms with Gasteiger partial charge in [0.05, 0.1) is 11.1 Å². The van der Waals surface area contributed by atoms with Crippen LogP contribution in [0.2, 0.25) is 0 Å². The van der Waals surface area contributed by atoms with E-state index in [0.717, 1.165) is 28.8 Å². The zero-order chi connectivity index (χ0) is 13.7. The minimum atomic E-state index is 0.182. The number of thiophene rings is 1. The van der Waals surface area contributed by atoms with Crippen molar-refractivity contribution in [3.8, 4) is 5.75 Å². The standard InChI is InChI=1S/C14H17BrN2OS/c1-2-10(16)7-11-3-4-12(8-17-11)18-9-14-13(15)5-6-19-14/h3-6,8,10H,2,7,9,16H2,1H3. The first-order valence-electron chi connectivity index (χ1n) is 6.24. The maximum atomic E-state index is 5.91. The molecule has 1 unspecified atom stereocenters.